The van der Waals surface area contributed by atoms with E-state index >= 15 is 0 Å². The monoisotopic (exact) mass is 302 g/mol. The first-order chi connectivity index (χ1) is 10.0. The molecule has 0 atom stereocenters. The van der Waals surface area contributed by atoms with E-state index in [0.29, 0.717) is 0 Å². The highest BCUT2D eigenvalue weighted by molar-refractivity contribution is 7.72. The van der Waals surface area contributed by atoms with Crippen molar-refractivity contribution in [3.05, 3.63) is 59.7 Å². The first kappa shape index (κ1) is 15.2. The van der Waals surface area contributed by atoms with Gasteiger partial charge in [-0.05, 0) is 49.0 Å². The molecule has 0 aromatic heterocycles. The first-order valence-corrected chi connectivity index (χ1v) is 8.00. The molecular formula is C16H15O4P. The van der Waals surface area contributed by atoms with E-state index in [9.17, 15) is 9.59 Å². The van der Waals surface area contributed by atoms with Crippen molar-refractivity contribution in [2.45, 2.75) is 6.92 Å². The summed E-state index contributed by atoms with van der Waals surface area (Å²) in [5, 5.41) is 20.0. The molecule has 0 aliphatic rings. The van der Waals surface area contributed by atoms with E-state index < -0.39 is 19.9 Å². The van der Waals surface area contributed by atoms with Gasteiger partial charge in [0.1, 0.15) is 0 Å². The van der Waals surface area contributed by atoms with Crippen LogP contribution < -0.4 is 10.6 Å². The van der Waals surface area contributed by atoms with Gasteiger partial charge in [0.2, 0.25) is 0 Å². The van der Waals surface area contributed by atoms with Gasteiger partial charge in [-0.15, -0.1) is 0 Å². The van der Waals surface area contributed by atoms with E-state index in [1.54, 1.807) is 24.3 Å². The highest BCUT2D eigenvalue weighted by Gasteiger charge is 2.13. The minimum atomic E-state index is -0.937. The summed E-state index contributed by atoms with van der Waals surface area (Å²) in [6.07, 6.45) is 0.911. The third kappa shape index (κ3) is 3.47. The highest BCUT2D eigenvalue weighted by Crippen LogP contribution is 2.32. The molecule has 2 aromatic rings. The van der Waals surface area contributed by atoms with Gasteiger partial charge >= 0.3 is 11.9 Å². The van der Waals surface area contributed by atoms with Crippen molar-refractivity contribution in [1.29, 1.82) is 0 Å². The summed E-state index contributed by atoms with van der Waals surface area (Å²) in [4.78, 5) is 21.7. The van der Waals surface area contributed by atoms with Gasteiger partial charge in [0.15, 0.2) is 0 Å². The molecule has 0 radical (unpaired) electrons. The Morgan fingerprint density at radius 3 is 1.38 bits per heavy atom. The summed E-state index contributed by atoms with van der Waals surface area (Å²) in [6.45, 7) is 2.07. The summed E-state index contributed by atoms with van der Waals surface area (Å²) in [6, 6.07) is 13.8. The largest absolute Gasteiger partial charge is 0.478 e. The molecule has 0 aliphatic heterocycles. The van der Waals surface area contributed by atoms with E-state index in [4.69, 9.17) is 10.2 Å². The minimum Gasteiger partial charge on any atom is -0.478 e. The average molecular weight is 302 g/mol. The third-order valence-corrected chi connectivity index (χ3v) is 5.64. The number of carbonyl (C=O) groups is 2. The zero-order valence-electron chi connectivity index (χ0n) is 11.5. The molecule has 5 heteroatoms. The molecule has 21 heavy (non-hydrogen) atoms. The molecule has 0 unspecified atom stereocenters. The number of hydrogen-bond acceptors (Lipinski definition) is 2. The van der Waals surface area contributed by atoms with Crippen molar-refractivity contribution >= 4 is 30.5 Å². The maximum Gasteiger partial charge on any atom is 0.335 e. The molecule has 2 N–H and O–H groups in total. The lowest BCUT2D eigenvalue weighted by Gasteiger charge is -2.17. The molecule has 0 amide bonds. The second-order valence-electron chi connectivity index (χ2n) is 4.45. The van der Waals surface area contributed by atoms with E-state index in [0.717, 1.165) is 16.8 Å². The predicted octanol–water partition coefficient (Wildman–Crippen LogP) is 2.54. The Balaban J connectivity index is 2.30. The van der Waals surface area contributed by atoms with Crippen LogP contribution >= 0.6 is 7.92 Å². The lowest BCUT2D eigenvalue weighted by Crippen LogP contribution is -2.14. The number of carboxylic acids is 2. The van der Waals surface area contributed by atoms with Crippen LogP contribution in [0.5, 0.6) is 0 Å². The molecule has 4 nitrogen and oxygen atoms in total. The van der Waals surface area contributed by atoms with Crippen LogP contribution in [0.15, 0.2) is 48.5 Å². The quantitative estimate of drug-likeness (QED) is 0.832. The molecule has 0 spiro atoms. The fraction of sp³-hybridized carbons (Fsp3) is 0.125. The topological polar surface area (TPSA) is 74.6 Å². The van der Waals surface area contributed by atoms with Crippen molar-refractivity contribution in [1.82, 2.24) is 0 Å². The summed E-state index contributed by atoms with van der Waals surface area (Å²) < 4.78 is 0. The van der Waals surface area contributed by atoms with E-state index in [-0.39, 0.29) is 11.1 Å². The summed E-state index contributed by atoms with van der Waals surface area (Å²) >= 11 is 0. The van der Waals surface area contributed by atoms with E-state index in [1.165, 1.54) is 0 Å². The van der Waals surface area contributed by atoms with Crippen LogP contribution in [0.4, 0.5) is 0 Å². The summed E-state index contributed by atoms with van der Waals surface area (Å²) in [5.74, 6) is -1.87. The molecule has 0 saturated heterocycles. The van der Waals surface area contributed by atoms with Gasteiger partial charge in [-0.2, -0.15) is 0 Å². The maximum absolute atomic E-state index is 10.9. The van der Waals surface area contributed by atoms with Crippen LogP contribution in [0.3, 0.4) is 0 Å². The fourth-order valence-electron chi connectivity index (χ4n) is 2.08. The standard InChI is InChI=1S/C16H15O4P/c1-2-21(13-7-3-11(4-8-13)15(17)18)14-9-5-12(6-10-14)16(19)20/h3-10H,2H2,1H3,(H,17,18)(H,19,20). The van der Waals surface area contributed by atoms with Crippen molar-refractivity contribution in [3.8, 4) is 0 Å². The van der Waals surface area contributed by atoms with Crippen LogP contribution in [-0.4, -0.2) is 28.3 Å². The SMILES string of the molecule is CCP(c1ccc(C(=O)O)cc1)c1ccc(C(=O)O)cc1. The lowest BCUT2D eigenvalue weighted by atomic mass is 10.2. The van der Waals surface area contributed by atoms with Gasteiger partial charge in [-0.1, -0.05) is 31.2 Å². The van der Waals surface area contributed by atoms with Crippen molar-refractivity contribution < 1.29 is 19.8 Å². The van der Waals surface area contributed by atoms with Crippen molar-refractivity contribution in [3.63, 3.8) is 0 Å². The molecule has 2 aromatic carbocycles. The smallest absolute Gasteiger partial charge is 0.335 e. The molecule has 0 saturated carbocycles. The zero-order chi connectivity index (χ0) is 15.4. The van der Waals surface area contributed by atoms with E-state index in [2.05, 4.69) is 6.92 Å². The van der Waals surface area contributed by atoms with Gasteiger partial charge < -0.3 is 10.2 Å². The molecule has 2 rings (SSSR count). The van der Waals surface area contributed by atoms with Crippen LogP contribution in [0, 0.1) is 0 Å². The predicted molar refractivity (Wildman–Crippen MR) is 83.5 cm³/mol. The normalized spacial score (nSPS) is 10.6. The Morgan fingerprint density at radius 2 is 1.14 bits per heavy atom. The molecule has 0 fully saturated rings. The molecular weight excluding hydrogens is 287 g/mol. The number of benzene rings is 2. The van der Waals surface area contributed by atoms with Gasteiger partial charge in [0, 0.05) is 0 Å². The summed E-state index contributed by atoms with van der Waals surface area (Å²) in [5.41, 5.74) is 0.539. The van der Waals surface area contributed by atoms with Crippen molar-refractivity contribution in [2.24, 2.45) is 0 Å². The molecule has 0 heterocycles. The van der Waals surface area contributed by atoms with E-state index in [1.807, 2.05) is 24.3 Å². The maximum atomic E-state index is 10.9. The Hall–Kier alpha value is -2.19. The number of carboxylic acid groups (broad SMARTS) is 2. The second kappa shape index (κ2) is 6.51. The van der Waals surface area contributed by atoms with Crippen LogP contribution in [0.2, 0.25) is 0 Å². The lowest BCUT2D eigenvalue weighted by molar-refractivity contribution is 0.0686. The van der Waals surface area contributed by atoms with Gasteiger partial charge in [0.05, 0.1) is 11.1 Å². The fourth-order valence-corrected chi connectivity index (χ4v) is 4.13. The molecule has 0 bridgehead atoms. The second-order valence-corrected chi connectivity index (χ2v) is 6.97. The molecule has 0 aliphatic carbocycles. The Morgan fingerprint density at radius 1 is 0.810 bits per heavy atom. The van der Waals surface area contributed by atoms with Crippen LogP contribution in [0.1, 0.15) is 27.6 Å². The Kier molecular flexibility index (Phi) is 4.71. The average Bonchev–Trinajstić information content (AvgIpc) is 2.49. The van der Waals surface area contributed by atoms with Crippen LogP contribution in [-0.2, 0) is 0 Å². The van der Waals surface area contributed by atoms with Gasteiger partial charge in [0.25, 0.3) is 0 Å². The molecule has 108 valence electrons. The number of hydrogen-bond donors (Lipinski definition) is 2. The zero-order valence-corrected chi connectivity index (χ0v) is 12.4. The van der Waals surface area contributed by atoms with Gasteiger partial charge in [-0.3, -0.25) is 0 Å². The van der Waals surface area contributed by atoms with Gasteiger partial charge in [-0.25, -0.2) is 9.59 Å². The summed E-state index contributed by atoms with van der Waals surface area (Å²) in [7, 11) is -0.598. The number of aromatic carboxylic acids is 2. The highest BCUT2D eigenvalue weighted by atomic mass is 31.1. The Bertz CT molecular complexity index is 589. The number of rotatable bonds is 5. The third-order valence-electron chi connectivity index (χ3n) is 3.17. The van der Waals surface area contributed by atoms with Crippen LogP contribution in [0.25, 0.3) is 0 Å². The van der Waals surface area contributed by atoms with Crippen molar-refractivity contribution in [2.75, 3.05) is 6.16 Å². The first-order valence-electron chi connectivity index (χ1n) is 6.47. The Labute approximate surface area is 123 Å². The minimum absolute atomic E-state index is 0.269.